The van der Waals surface area contributed by atoms with Crippen LogP contribution in [-0.4, -0.2) is 35.3 Å². The van der Waals surface area contributed by atoms with Crippen molar-refractivity contribution >= 4 is 11.8 Å². The zero-order valence-corrected chi connectivity index (χ0v) is 13.9. The number of hydrogen-bond acceptors (Lipinski definition) is 3. The highest BCUT2D eigenvalue weighted by Gasteiger charge is 2.34. The molecule has 1 N–H and O–H groups in total. The van der Waals surface area contributed by atoms with Crippen molar-refractivity contribution in [3.8, 4) is 0 Å². The smallest absolute Gasteiger partial charge is 0.258 e. The van der Waals surface area contributed by atoms with Crippen molar-refractivity contribution in [1.29, 1.82) is 0 Å². The molecule has 0 unspecified atom stereocenters. The van der Waals surface area contributed by atoms with Gasteiger partial charge in [0, 0.05) is 12.6 Å². The van der Waals surface area contributed by atoms with Gasteiger partial charge in [0.25, 0.3) is 5.91 Å². The highest BCUT2D eigenvalue weighted by molar-refractivity contribution is 5.98. The quantitative estimate of drug-likeness (QED) is 0.930. The van der Waals surface area contributed by atoms with Crippen molar-refractivity contribution in [3.63, 3.8) is 0 Å². The third-order valence-corrected chi connectivity index (χ3v) is 4.34. The van der Waals surface area contributed by atoms with Gasteiger partial charge in [-0.25, -0.2) is 0 Å². The number of furan rings is 1. The van der Waals surface area contributed by atoms with Crippen LogP contribution in [0, 0.1) is 13.8 Å². The Labute approximate surface area is 132 Å². The number of carbonyl (C=O) groups excluding carboxylic acids is 2. The summed E-state index contributed by atoms with van der Waals surface area (Å²) in [5.41, 5.74) is 0.570. The van der Waals surface area contributed by atoms with Crippen LogP contribution >= 0.6 is 0 Å². The average molecular weight is 306 g/mol. The molecule has 0 aromatic carbocycles. The molecule has 2 amide bonds. The topological polar surface area (TPSA) is 62.6 Å². The summed E-state index contributed by atoms with van der Waals surface area (Å²) in [5.74, 6) is 1.20. The fourth-order valence-electron chi connectivity index (χ4n) is 2.89. The zero-order chi connectivity index (χ0) is 16.3. The Bertz CT molecular complexity index is 550. The maximum atomic E-state index is 12.8. The van der Waals surface area contributed by atoms with E-state index in [0.717, 1.165) is 31.4 Å². The van der Waals surface area contributed by atoms with Gasteiger partial charge >= 0.3 is 0 Å². The summed E-state index contributed by atoms with van der Waals surface area (Å²) in [4.78, 5) is 27.0. The normalized spacial score (nSPS) is 19.8. The van der Waals surface area contributed by atoms with Crippen LogP contribution in [0.4, 0.5) is 0 Å². The molecule has 0 radical (unpaired) electrons. The first kappa shape index (κ1) is 16.6. The second-order valence-electron chi connectivity index (χ2n) is 6.15. The first-order valence-corrected chi connectivity index (χ1v) is 8.12. The standard InChI is InChI=1S/C17H26N2O3/c1-5-11(2)18-16(20)15-8-6-7-9-19(15)17(21)14-10-12(3)22-13(14)4/h10-11,15H,5-9H2,1-4H3,(H,18,20)/t11-,15+/m0/s1. The van der Waals surface area contributed by atoms with E-state index in [4.69, 9.17) is 4.42 Å². The van der Waals surface area contributed by atoms with Crippen LogP contribution in [0.1, 0.15) is 61.4 Å². The number of carbonyl (C=O) groups is 2. The van der Waals surface area contributed by atoms with Crippen LogP contribution in [0.2, 0.25) is 0 Å². The molecule has 1 saturated heterocycles. The summed E-state index contributed by atoms with van der Waals surface area (Å²) >= 11 is 0. The fraction of sp³-hybridized carbons (Fsp3) is 0.647. The fourth-order valence-corrected chi connectivity index (χ4v) is 2.89. The Morgan fingerprint density at radius 1 is 1.41 bits per heavy atom. The van der Waals surface area contributed by atoms with E-state index in [-0.39, 0.29) is 23.9 Å². The van der Waals surface area contributed by atoms with Crippen molar-refractivity contribution in [1.82, 2.24) is 10.2 Å². The van der Waals surface area contributed by atoms with Gasteiger partial charge in [-0.2, -0.15) is 0 Å². The minimum Gasteiger partial charge on any atom is -0.466 e. The molecule has 1 fully saturated rings. The summed E-state index contributed by atoms with van der Waals surface area (Å²) in [5, 5.41) is 3.00. The number of nitrogens with zero attached hydrogens (tertiary/aromatic N) is 1. The Kier molecular flexibility index (Phi) is 5.27. The molecule has 5 heteroatoms. The molecule has 1 aliphatic rings. The van der Waals surface area contributed by atoms with Gasteiger partial charge in [-0.3, -0.25) is 9.59 Å². The van der Waals surface area contributed by atoms with Gasteiger partial charge in [0.2, 0.25) is 5.91 Å². The largest absolute Gasteiger partial charge is 0.466 e. The number of likely N-dealkylation sites (tertiary alicyclic amines) is 1. The van der Waals surface area contributed by atoms with E-state index >= 15 is 0 Å². The second kappa shape index (κ2) is 6.99. The van der Waals surface area contributed by atoms with Crippen LogP contribution in [0.5, 0.6) is 0 Å². The van der Waals surface area contributed by atoms with Crippen molar-refractivity contribution in [3.05, 3.63) is 23.2 Å². The van der Waals surface area contributed by atoms with Crippen LogP contribution in [-0.2, 0) is 4.79 Å². The summed E-state index contributed by atoms with van der Waals surface area (Å²) in [6, 6.07) is 1.52. The summed E-state index contributed by atoms with van der Waals surface area (Å²) in [6.07, 6.45) is 3.52. The highest BCUT2D eigenvalue weighted by Crippen LogP contribution is 2.23. The third kappa shape index (κ3) is 3.51. The van der Waals surface area contributed by atoms with E-state index in [0.29, 0.717) is 17.9 Å². The van der Waals surface area contributed by atoms with Gasteiger partial charge in [0.15, 0.2) is 0 Å². The molecule has 22 heavy (non-hydrogen) atoms. The molecule has 5 nitrogen and oxygen atoms in total. The minimum atomic E-state index is -0.371. The second-order valence-corrected chi connectivity index (χ2v) is 6.15. The van der Waals surface area contributed by atoms with E-state index < -0.39 is 0 Å². The maximum Gasteiger partial charge on any atom is 0.258 e. The number of nitrogens with one attached hydrogen (secondary N) is 1. The van der Waals surface area contributed by atoms with E-state index in [1.165, 1.54) is 0 Å². The van der Waals surface area contributed by atoms with Crippen molar-refractivity contribution in [2.24, 2.45) is 0 Å². The molecule has 122 valence electrons. The molecule has 0 bridgehead atoms. The molecule has 0 aliphatic carbocycles. The molecule has 0 spiro atoms. The van der Waals surface area contributed by atoms with Crippen LogP contribution in [0.15, 0.2) is 10.5 Å². The van der Waals surface area contributed by atoms with Gasteiger partial charge in [-0.1, -0.05) is 6.92 Å². The van der Waals surface area contributed by atoms with Crippen LogP contribution < -0.4 is 5.32 Å². The Hall–Kier alpha value is -1.78. The molecule has 2 heterocycles. The lowest BCUT2D eigenvalue weighted by Gasteiger charge is -2.35. The predicted molar refractivity (Wildman–Crippen MR) is 84.8 cm³/mol. The summed E-state index contributed by atoms with van der Waals surface area (Å²) in [7, 11) is 0. The first-order chi connectivity index (χ1) is 10.4. The van der Waals surface area contributed by atoms with Crippen LogP contribution in [0.3, 0.4) is 0 Å². The van der Waals surface area contributed by atoms with E-state index in [1.807, 2.05) is 20.8 Å². The summed E-state index contributed by atoms with van der Waals surface area (Å²) < 4.78 is 5.46. The Morgan fingerprint density at radius 2 is 2.14 bits per heavy atom. The lowest BCUT2D eigenvalue weighted by Crippen LogP contribution is -2.53. The molecular formula is C17H26N2O3. The summed E-state index contributed by atoms with van der Waals surface area (Å²) in [6.45, 7) is 8.26. The van der Waals surface area contributed by atoms with E-state index in [2.05, 4.69) is 5.32 Å². The van der Waals surface area contributed by atoms with E-state index in [9.17, 15) is 9.59 Å². The first-order valence-electron chi connectivity index (χ1n) is 8.12. The van der Waals surface area contributed by atoms with E-state index in [1.54, 1.807) is 17.9 Å². The monoisotopic (exact) mass is 306 g/mol. The van der Waals surface area contributed by atoms with Gasteiger partial charge in [0.1, 0.15) is 17.6 Å². The number of piperidine rings is 1. The third-order valence-electron chi connectivity index (χ3n) is 4.34. The Balaban J connectivity index is 2.17. The number of aryl methyl sites for hydroxylation is 2. The molecule has 1 aromatic heterocycles. The molecular weight excluding hydrogens is 280 g/mol. The number of hydrogen-bond donors (Lipinski definition) is 1. The predicted octanol–water partition coefficient (Wildman–Crippen LogP) is 2.81. The van der Waals surface area contributed by atoms with Gasteiger partial charge in [0.05, 0.1) is 5.56 Å². The van der Waals surface area contributed by atoms with Gasteiger partial charge < -0.3 is 14.6 Å². The van der Waals surface area contributed by atoms with Crippen LogP contribution in [0.25, 0.3) is 0 Å². The minimum absolute atomic E-state index is 0.0414. The average Bonchev–Trinajstić information content (AvgIpc) is 2.84. The van der Waals surface area contributed by atoms with Crippen molar-refractivity contribution in [2.45, 2.75) is 65.5 Å². The van der Waals surface area contributed by atoms with Gasteiger partial charge in [-0.15, -0.1) is 0 Å². The molecule has 0 saturated carbocycles. The lowest BCUT2D eigenvalue weighted by atomic mass is 9.99. The van der Waals surface area contributed by atoms with Crippen molar-refractivity contribution < 1.29 is 14.0 Å². The molecule has 2 rings (SSSR count). The molecule has 2 atom stereocenters. The van der Waals surface area contributed by atoms with Crippen molar-refractivity contribution in [2.75, 3.05) is 6.54 Å². The number of rotatable bonds is 4. The zero-order valence-electron chi connectivity index (χ0n) is 13.9. The molecule has 1 aliphatic heterocycles. The highest BCUT2D eigenvalue weighted by atomic mass is 16.3. The SMILES string of the molecule is CC[C@H](C)NC(=O)[C@H]1CCCCN1C(=O)c1cc(C)oc1C. The van der Waals surface area contributed by atoms with Gasteiger partial charge in [-0.05, 0) is 52.5 Å². The number of amides is 2. The lowest BCUT2D eigenvalue weighted by molar-refractivity contribution is -0.127. The Morgan fingerprint density at radius 3 is 2.73 bits per heavy atom. The maximum absolute atomic E-state index is 12.8. The molecule has 1 aromatic rings.